The lowest BCUT2D eigenvalue weighted by Gasteiger charge is -2.34. The first-order chi connectivity index (χ1) is 53.2. The first kappa shape index (κ1) is 81.1. The lowest BCUT2D eigenvalue weighted by atomic mass is 9.80. The minimum Gasteiger partial charge on any atom is -0.444 e. The molecule has 23 heteroatoms. The first-order valence-electron chi connectivity index (χ1n) is 37.4. The summed E-state index contributed by atoms with van der Waals surface area (Å²) < 4.78 is 18.1. The van der Waals surface area contributed by atoms with E-state index in [9.17, 15) is 19.2 Å². The monoisotopic (exact) mass is 1570 g/mol. The van der Waals surface area contributed by atoms with Crippen molar-refractivity contribution < 1.29 is 38.7 Å². The van der Waals surface area contributed by atoms with Crippen LogP contribution in [0.3, 0.4) is 0 Å². The van der Waals surface area contributed by atoms with Crippen molar-refractivity contribution in [1.29, 1.82) is 0 Å². The minimum absolute atomic E-state index is 0.0141. The molecule has 3 aliphatic rings. The maximum absolute atomic E-state index is 12.7. The van der Waals surface area contributed by atoms with E-state index in [4.69, 9.17) is 41.3 Å². The summed E-state index contributed by atoms with van der Waals surface area (Å²) in [6.45, 7) is 28.4. The summed E-state index contributed by atoms with van der Waals surface area (Å²) >= 11 is 8.20. The predicted molar refractivity (Wildman–Crippen MR) is 446 cm³/mol. The molecule has 0 bridgehead atoms. The molecule has 20 nitrogen and oxygen atoms in total. The van der Waals surface area contributed by atoms with Gasteiger partial charge >= 0.3 is 19.3 Å². The van der Waals surface area contributed by atoms with Crippen molar-refractivity contribution >= 4 is 96.2 Å². The zero-order valence-electron chi connectivity index (χ0n) is 64.4. The number of rotatable bonds is 11. The van der Waals surface area contributed by atoms with E-state index in [1.165, 1.54) is 45.0 Å². The molecule has 0 spiro atoms. The molecule has 0 saturated carbocycles. The van der Waals surface area contributed by atoms with E-state index in [2.05, 4.69) is 188 Å². The van der Waals surface area contributed by atoms with Crippen molar-refractivity contribution in [3.05, 3.63) is 248 Å². The summed E-state index contributed by atoms with van der Waals surface area (Å²) in [6.07, 6.45) is 18.6. The number of hydrogen-bond donors (Lipinski definition) is 2. The number of piperidine rings is 3. The number of amides is 3. The molecule has 6 aromatic heterocycles. The molecule has 3 amide bonds. The zero-order valence-corrected chi connectivity index (χ0v) is 66.7. The SMILES string of the molecule is C=CC(=O)Cl.C=CC(=O)N1CCC[C@@H](n2nc(-c3ccc(-c4cccc(C)c4)cc3)c3cnccc32)C1.CC(C)(C)OC(=O)N1CCC[C@@H](n2nc(Br)c3cnccc32)C1.Cc1cccc(-c2ccc(-c3nn([C@@H]4CCCN(C(=O)OC(C)(C)C)C4)c4ccncc34)cc2)c1.Cc1cccc(-c2ccc(B(O)O)cc2)c1. The van der Waals surface area contributed by atoms with Gasteiger partial charge in [0.2, 0.25) is 11.1 Å². The average molecular weight is 1570 g/mol. The normalized spacial score (nSPS) is 15.6. The Hall–Kier alpha value is -10.9. The zero-order chi connectivity index (χ0) is 79.1. The standard InChI is InChI=1S/C29H32N4O2.C27H26N4O.C16H21BrN4O2.C13H13BO2.C3H3ClO/c1-20-7-5-8-23(17-20)21-10-12-22(13-11-21)27-25-18-30-15-14-26(25)33(31-27)24-9-6-16-32(19-24)28(34)35-29(2,3)4;1-3-26(32)30-15-5-8-23(18-30)31-25-13-14-28-17-24(25)27(29-31)21-11-9-20(10-12-21)22-7-4-6-19(2)16-22;1-16(2,3)23-15(22)20-8-4-5-11(10-20)21-13-6-7-18-9-12(13)14(17)19-21;1-10-3-2-4-12(9-10)11-5-7-13(8-6-11)14(15)16;1-2-3(4)5/h5,7-8,10-15,17-18,24H,6,9,16,19H2,1-4H3;3-4,6-7,9-14,16-17,23H,1,5,8,15,18H2,2H3;6-7,9,11H,4-5,8,10H2,1-3H3;2-9,15-16H,1H3;2H,1H2/t24-;23-;11-;;/m111../s1. The Kier molecular flexibility index (Phi) is 26.8. The Morgan fingerprint density at radius 3 is 1.15 bits per heavy atom. The van der Waals surface area contributed by atoms with Crippen molar-refractivity contribution in [3.8, 4) is 55.9 Å². The van der Waals surface area contributed by atoms with Crippen LogP contribution in [0.1, 0.15) is 115 Å². The summed E-state index contributed by atoms with van der Waals surface area (Å²) in [5.41, 5.74) is 17.3. The van der Waals surface area contributed by atoms with Crippen LogP contribution >= 0.6 is 27.5 Å². The fourth-order valence-electron chi connectivity index (χ4n) is 13.9. The van der Waals surface area contributed by atoms with Gasteiger partial charge in [-0.25, -0.2) is 9.59 Å². The van der Waals surface area contributed by atoms with Gasteiger partial charge in [0, 0.05) is 98.3 Å². The summed E-state index contributed by atoms with van der Waals surface area (Å²) in [5, 5.41) is 35.2. The molecule has 12 aromatic rings. The van der Waals surface area contributed by atoms with Crippen LogP contribution in [0.4, 0.5) is 9.59 Å². The molecule has 0 aliphatic carbocycles. The molecule has 3 fully saturated rings. The number of hydrogen-bond acceptors (Lipinski definition) is 14. The molecule has 6 aromatic carbocycles. The lowest BCUT2D eigenvalue weighted by molar-refractivity contribution is -0.127. The highest BCUT2D eigenvalue weighted by Crippen LogP contribution is 2.37. The average Bonchev–Trinajstić information content (AvgIpc) is 1.63. The smallest absolute Gasteiger partial charge is 0.444 e. The second-order valence-corrected chi connectivity index (χ2v) is 31.1. The number of benzene rings is 6. The van der Waals surface area contributed by atoms with Crippen LogP contribution in [0.5, 0.6) is 0 Å². The number of nitrogens with zero attached hydrogens (tertiary/aromatic N) is 12. The number of likely N-dealkylation sites (tertiary alicyclic amines) is 3. The highest BCUT2D eigenvalue weighted by molar-refractivity contribution is 9.10. The van der Waals surface area contributed by atoms with Gasteiger partial charge < -0.3 is 34.2 Å². The molecule has 3 aliphatic heterocycles. The maximum atomic E-state index is 12.7. The second kappa shape index (κ2) is 36.7. The number of aryl methyl sites for hydroxylation is 3. The number of aromatic nitrogens is 9. The van der Waals surface area contributed by atoms with Crippen molar-refractivity contribution in [2.75, 3.05) is 39.3 Å². The number of pyridine rings is 3. The van der Waals surface area contributed by atoms with Gasteiger partial charge in [0.1, 0.15) is 27.2 Å². The molecular formula is C88H95BBrClN12O8. The molecule has 9 heterocycles. The highest BCUT2D eigenvalue weighted by Gasteiger charge is 2.33. The topological polar surface area (TPSA) is 229 Å². The molecule has 0 unspecified atom stereocenters. The second-order valence-electron chi connectivity index (χ2n) is 30.0. The number of ether oxygens (including phenoxy) is 2. The third-order valence-corrected chi connectivity index (χ3v) is 20.0. The van der Waals surface area contributed by atoms with Gasteiger partial charge in [-0.05, 0) is 198 Å². The Balaban J connectivity index is 0.000000148. The predicted octanol–water partition coefficient (Wildman–Crippen LogP) is 18.1. The first-order valence-corrected chi connectivity index (χ1v) is 38.6. The van der Waals surface area contributed by atoms with Crippen molar-refractivity contribution in [1.82, 2.24) is 59.0 Å². The van der Waals surface area contributed by atoms with Gasteiger partial charge in [-0.2, -0.15) is 15.3 Å². The highest BCUT2D eigenvalue weighted by atomic mass is 79.9. The van der Waals surface area contributed by atoms with Gasteiger partial charge in [-0.1, -0.05) is 175 Å². The third-order valence-electron chi connectivity index (χ3n) is 19.2. The van der Waals surface area contributed by atoms with E-state index in [1.54, 1.807) is 41.8 Å². The van der Waals surface area contributed by atoms with Crippen LogP contribution in [0, 0.1) is 20.8 Å². The molecule has 572 valence electrons. The van der Waals surface area contributed by atoms with Gasteiger partial charge in [-0.15, -0.1) is 0 Å². The molecule has 111 heavy (non-hydrogen) atoms. The summed E-state index contributed by atoms with van der Waals surface area (Å²) in [5.74, 6) is -0.0141. The summed E-state index contributed by atoms with van der Waals surface area (Å²) in [6, 6.07) is 56.0. The quantitative estimate of drug-likeness (QED) is 0.0697. The number of carbonyl (C=O) groups is 4. The molecule has 0 radical (unpaired) electrons. The Morgan fingerprint density at radius 2 is 0.802 bits per heavy atom. The number of halogens is 2. The van der Waals surface area contributed by atoms with E-state index < -0.39 is 23.6 Å². The van der Waals surface area contributed by atoms with Crippen LogP contribution in [0.15, 0.2) is 231 Å². The fraction of sp³-hybridized carbons (Fsp3) is 0.295. The fourth-order valence-corrected chi connectivity index (χ4v) is 14.4. The summed E-state index contributed by atoms with van der Waals surface area (Å²) in [7, 11) is -1.40. The van der Waals surface area contributed by atoms with E-state index in [0.29, 0.717) is 31.6 Å². The maximum Gasteiger partial charge on any atom is 0.488 e. The van der Waals surface area contributed by atoms with Gasteiger partial charge in [0.25, 0.3) is 0 Å². The van der Waals surface area contributed by atoms with Gasteiger partial charge in [0.05, 0.1) is 40.1 Å². The third kappa shape index (κ3) is 21.2. The van der Waals surface area contributed by atoms with Gasteiger partial charge in [-0.3, -0.25) is 38.6 Å². The van der Waals surface area contributed by atoms with Crippen LogP contribution in [-0.2, 0) is 19.1 Å². The summed E-state index contributed by atoms with van der Waals surface area (Å²) in [4.78, 5) is 65.0. The van der Waals surface area contributed by atoms with Crippen LogP contribution in [0.2, 0.25) is 0 Å². The van der Waals surface area contributed by atoms with Crippen LogP contribution in [-0.4, -0.2) is 150 Å². The Bertz CT molecular complexity index is 5250. The number of allylic oxidation sites excluding steroid dienone is 1. The molecule has 15 rings (SSSR count). The van der Waals surface area contributed by atoms with Crippen LogP contribution in [0.25, 0.3) is 88.6 Å². The van der Waals surface area contributed by atoms with E-state index >= 15 is 0 Å². The molecule has 2 N–H and O–H groups in total. The molecular weight excluding hydrogens is 1480 g/mol. The largest absolute Gasteiger partial charge is 0.488 e. The van der Waals surface area contributed by atoms with E-state index in [-0.39, 0.29) is 36.2 Å². The molecule has 3 atom stereocenters. The van der Waals surface area contributed by atoms with E-state index in [0.717, 1.165) is 129 Å². The van der Waals surface area contributed by atoms with E-state index in [1.807, 2.05) is 111 Å². The van der Waals surface area contributed by atoms with Crippen molar-refractivity contribution in [2.24, 2.45) is 0 Å². The van der Waals surface area contributed by atoms with Crippen molar-refractivity contribution in [2.45, 2.75) is 130 Å². The Morgan fingerprint density at radius 1 is 0.468 bits per heavy atom. The number of fused-ring (bicyclic) bond motifs is 3. The van der Waals surface area contributed by atoms with Gasteiger partial charge in [0.15, 0.2) is 0 Å². The number of carbonyl (C=O) groups excluding carboxylic acids is 4. The van der Waals surface area contributed by atoms with Crippen molar-refractivity contribution in [3.63, 3.8) is 0 Å². The molecule has 3 saturated heterocycles. The minimum atomic E-state index is -1.40. The Labute approximate surface area is 662 Å². The van der Waals surface area contributed by atoms with Crippen LogP contribution < -0.4 is 5.46 Å². The lowest BCUT2D eigenvalue weighted by Crippen LogP contribution is -2.43.